The van der Waals surface area contributed by atoms with Gasteiger partial charge in [0, 0.05) is 18.7 Å². The lowest BCUT2D eigenvalue weighted by molar-refractivity contribution is 0.274. The molecule has 0 bridgehead atoms. The zero-order chi connectivity index (χ0) is 15.2. The monoisotopic (exact) mass is 290 g/mol. The summed E-state index contributed by atoms with van der Waals surface area (Å²) in [5, 5.41) is 6.84. The Balaban J connectivity index is 1.90. The molecule has 21 heavy (non-hydrogen) atoms. The van der Waals surface area contributed by atoms with Gasteiger partial charge < -0.3 is 10.6 Å². The van der Waals surface area contributed by atoms with Crippen LogP contribution < -0.4 is 10.6 Å². The lowest BCUT2D eigenvalue weighted by Crippen LogP contribution is -2.17. The molecule has 0 amide bonds. The third kappa shape index (κ3) is 4.58. The summed E-state index contributed by atoms with van der Waals surface area (Å²) in [6.45, 7) is 10.4. The maximum atomic E-state index is 4.55. The van der Waals surface area contributed by atoms with E-state index in [4.69, 9.17) is 0 Å². The standard InChI is InChI=1S/C17H30N4/c1-5-18-16-13(3)17(21-14(4)20-16)19-10-9-15-8-6-7-12(2)11-15/h12,15H,5-11H2,1-4H3,(H2,18,19,20,21). The molecule has 0 radical (unpaired) electrons. The highest BCUT2D eigenvalue weighted by molar-refractivity contribution is 5.57. The first kappa shape index (κ1) is 16.1. The van der Waals surface area contributed by atoms with Gasteiger partial charge in [0.2, 0.25) is 0 Å². The first-order chi connectivity index (χ1) is 10.1. The van der Waals surface area contributed by atoms with Crippen molar-refractivity contribution in [2.45, 2.75) is 59.8 Å². The van der Waals surface area contributed by atoms with Gasteiger partial charge in [0.15, 0.2) is 0 Å². The largest absolute Gasteiger partial charge is 0.370 e. The molecule has 0 spiro atoms. The minimum Gasteiger partial charge on any atom is -0.370 e. The van der Waals surface area contributed by atoms with E-state index in [1.165, 1.54) is 32.1 Å². The molecular formula is C17H30N4. The van der Waals surface area contributed by atoms with E-state index in [9.17, 15) is 0 Å². The Morgan fingerprint density at radius 3 is 2.48 bits per heavy atom. The third-order valence-electron chi connectivity index (χ3n) is 4.49. The van der Waals surface area contributed by atoms with Crippen LogP contribution in [0.4, 0.5) is 11.6 Å². The van der Waals surface area contributed by atoms with E-state index >= 15 is 0 Å². The fraction of sp³-hybridized carbons (Fsp3) is 0.765. The summed E-state index contributed by atoms with van der Waals surface area (Å²) < 4.78 is 0. The summed E-state index contributed by atoms with van der Waals surface area (Å²) in [5.41, 5.74) is 1.12. The zero-order valence-corrected chi connectivity index (χ0v) is 14.0. The van der Waals surface area contributed by atoms with Gasteiger partial charge >= 0.3 is 0 Å². The zero-order valence-electron chi connectivity index (χ0n) is 14.0. The van der Waals surface area contributed by atoms with Crippen LogP contribution in [0.1, 0.15) is 57.3 Å². The van der Waals surface area contributed by atoms with Gasteiger partial charge in [-0.1, -0.05) is 26.2 Å². The van der Waals surface area contributed by atoms with E-state index < -0.39 is 0 Å². The van der Waals surface area contributed by atoms with Crippen molar-refractivity contribution >= 4 is 11.6 Å². The maximum absolute atomic E-state index is 4.55. The summed E-state index contributed by atoms with van der Waals surface area (Å²) in [7, 11) is 0. The average molecular weight is 290 g/mol. The number of nitrogens with zero attached hydrogens (tertiary/aromatic N) is 2. The first-order valence-electron chi connectivity index (χ1n) is 8.43. The molecule has 4 heteroatoms. The number of aromatic nitrogens is 2. The summed E-state index contributed by atoms with van der Waals surface area (Å²) in [6.07, 6.45) is 6.87. The molecule has 2 atom stereocenters. The van der Waals surface area contributed by atoms with Crippen LogP contribution in [0, 0.1) is 25.7 Å². The van der Waals surface area contributed by atoms with Gasteiger partial charge in [-0.25, -0.2) is 9.97 Å². The Hall–Kier alpha value is -1.32. The lowest BCUT2D eigenvalue weighted by atomic mass is 9.81. The lowest BCUT2D eigenvalue weighted by Gasteiger charge is -2.26. The van der Waals surface area contributed by atoms with Gasteiger partial charge in [-0.15, -0.1) is 0 Å². The number of hydrogen-bond donors (Lipinski definition) is 2. The molecule has 0 saturated heterocycles. The van der Waals surface area contributed by atoms with Crippen molar-refractivity contribution in [2.24, 2.45) is 11.8 Å². The molecular weight excluding hydrogens is 260 g/mol. The van der Waals surface area contributed by atoms with Crippen LogP contribution in [0.5, 0.6) is 0 Å². The molecule has 2 N–H and O–H groups in total. The predicted octanol–water partition coefficient (Wildman–Crippen LogP) is 4.15. The quantitative estimate of drug-likeness (QED) is 0.826. The Kier molecular flexibility index (Phi) is 5.83. The Bertz CT molecular complexity index is 458. The molecule has 1 fully saturated rings. The Morgan fingerprint density at radius 2 is 1.81 bits per heavy atom. The predicted molar refractivity (Wildman–Crippen MR) is 89.9 cm³/mol. The van der Waals surface area contributed by atoms with Crippen LogP contribution in [0.2, 0.25) is 0 Å². The first-order valence-corrected chi connectivity index (χ1v) is 8.43. The SMILES string of the molecule is CCNc1nc(C)nc(NCCC2CCCC(C)C2)c1C. The molecule has 1 aliphatic carbocycles. The van der Waals surface area contributed by atoms with Crippen LogP contribution >= 0.6 is 0 Å². The number of anilines is 2. The number of hydrogen-bond acceptors (Lipinski definition) is 4. The van der Waals surface area contributed by atoms with Gasteiger partial charge in [0.25, 0.3) is 0 Å². The number of rotatable bonds is 6. The van der Waals surface area contributed by atoms with Crippen molar-refractivity contribution in [1.29, 1.82) is 0 Å². The fourth-order valence-corrected chi connectivity index (χ4v) is 3.36. The molecule has 0 aromatic carbocycles. The molecule has 118 valence electrons. The second-order valence-electron chi connectivity index (χ2n) is 6.48. The Labute approximate surface area is 129 Å². The van der Waals surface area contributed by atoms with E-state index in [0.717, 1.165) is 47.9 Å². The van der Waals surface area contributed by atoms with Crippen molar-refractivity contribution in [1.82, 2.24) is 9.97 Å². The third-order valence-corrected chi connectivity index (χ3v) is 4.49. The molecule has 1 aromatic heterocycles. The van der Waals surface area contributed by atoms with E-state index in [0.29, 0.717) is 0 Å². The molecule has 0 aliphatic heterocycles. The summed E-state index contributed by atoms with van der Waals surface area (Å²) in [5.74, 6) is 4.57. The highest BCUT2D eigenvalue weighted by atomic mass is 15.1. The topological polar surface area (TPSA) is 49.8 Å². The van der Waals surface area contributed by atoms with Gasteiger partial charge in [-0.2, -0.15) is 0 Å². The molecule has 1 aliphatic rings. The van der Waals surface area contributed by atoms with Crippen LogP contribution in [-0.2, 0) is 0 Å². The Morgan fingerprint density at radius 1 is 1.10 bits per heavy atom. The average Bonchev–Trinajstić information content (AvgIpc) is 2.44. The van der Waals surface area contributed by atoms with Gasteiger partial charge in [-0.3, -0.25) is 0 Å². The number of aryl methyl sites for hydroxylation is 1. The molecule has 1 heterocycles. The smallest absolute Gasteiger partial charge is 0.134 e. The normalized spacial score (nSPS) is 22.1. The van der Waals surface area contributed by atoms with Crippen molar-refractivity contribution in [3.63, 3.8) is 0 Å². The van der Waals surface area contributed by atoms with Crippen molar-refractivity contribution in [3.8, 4) is 0 Å². The van der Waals surface area contributed by atoms with Crippen molar-refractivity contribution < 1.29 is 0 Å². The van der Waals surface area contributed by atoms with E-state index in [1.807, 2.05) is 6.92 Å². The molecule has 2 rings (SSSR count). The second-order valence-corrected chi connectivity index (χ2v) is 6.48. The highest BCUT2D eigenvalue weighted by Crippen LogP contribution is 2.30. The molecule has 1 aromatic rings. The van der Waals surface area contributed by atoms with Gasteiger partial charge in [-0.05, 0) is 45.4 Å². The molecule has 4 nitrogen and oxygen atoms in total. The van der Waals surface area contributed by atoms with E-state index in [1.54, 1.807) is 0 Å². The van der Waals surface area contributed by atoms with Crippen LogP contribution in [0.3, 0.4) is 0 Å². The highest BCUT2D eigenvalue weighted by Gasteiger charge is 2.18. The van der Waals surface area contributed by atoms with Crippen molar-refractivity contribution in [2.75, 3.05) is 23.7 Å². The minimum atomic E-state index is 0.824. The minimum absolute atomic E-state index is 0.824. The fourth-order valence-electron chi connectivity index (χ4n) is 3.36. The molecule has 2 unspecified atom stereocenters. The van der Waals surface area contributed by atoms with Crippen molar-refractivity contribution in [3.05, 3.63) is 11.4 Å². The maximum Gasteiger partial charge on any atom is 0.134 e. The van der Waals surface area contributed by atoms with Gasteiger partial charge in [0.05, 0.1) is 0 Å². The van der Waals surface area contributed by atoms with E-state index in [-0.39, 0.29) is 0 Å². The summed E-state index contributed by atoms with van der Waals surface area (Å²) in [4.78, 5) is 9.02. The van der Waals surface area contributed by atoms with E-state index in [2.05, 4.69) is 41.4 Å². The summed E-state index contributed by atoms with van der Waals surface area (Å²) in [6, 6.07) is 0. The van der Waals surface area contributed by atoms with Gasteiger partial charge in [0.1, 0.15) is 17.5 Å². The second kappa shape index (κ2) is 7.62. The summed E-state index contributed by atoms with van der Waals surface area (Å²) >= 11 is 0. The number of nitrogens with one attached hydrogen (secondary N) is 2. The van der Waals surface area contributed by atoms with Crippen LogP contribution in [-0.4, -0.2) is 23.1 Å². The van der Waals surface area contributed by atoms with Crippen LogP contribution in [0.25, 0.3) is 0 Å². The van der Waals surface area contributed by atoms with Crippen LogP contribution in [0.15, 0.2) is 0 Å². The molecule has 1 saturated carbocycles.